The molecule has 0 saturated carbocycles. The average Bonchev–Trinajstić information content (AvgIpc) is 2.24. The molecule has 0 amide bonds. The standard InChI is InChI=1S/C12H16N2O4/c1-7(2)11(12(15)16)13-9-4-8(3)5-10(6-9)14(17)18/h4-7,11,13H,1-3H3,(H,15,16). The number of benzene rings is 1. The molecule has 1 unspecified atom stereocenters. The van der Waals surface area contributed by atoms with Crippen molar-refractivity contribution in [2.24, 2.45) is 5.92 Å². The quantitative estimate of drug-likeness (QED) is 0.620. The first-order valence-electron chi connectivity index (χ1n) is 5.56. The monoisotopic (exact) mass is 252 g/mol. The Balaban J connectivity index is 3.03. The first kappa shape index (κ1) is 14.0. The van der Waals surface area contributed by atoms with E-state index >= 15 is 0 Å². The first-order valence-corrected chi connectivity index (χ1v) is 5.56. The summed E-state index contributed by atoms with van der Waals surface area (Å²) in [5.41, 5.74) is 1.10. The number of anilines is 1. The van der Waals surface area contributed by atoms with Gasteiger partial charge < -0.3 is 10.4 Å². The van der Waals surface area contributed by atoms with Gasteiger partial charge in [-0.15, -0.1) is 0 Å². The molecule has 18 heavy (non-hydrogen) atoms. The van der Waals surface area contributed by atoms with Crippen LogP contribution in [-0.2, 0) is 4.79 Å². The summed E-state index contributed by atoms with van der Waals surface area (Å²) in [7, 11) is 0. The Labute approximate surface area is 105 Å². The van der Waals surface area contributed by atoms with Gasteiger partial charge in [-0.25, -0.2) is 4.79 Å². The third-order valence-corrected chi connectivity index (χ3v) is 2.53. The second kappa shape index (κ2) is 5.48. The van der Waals surface area contributed by atoms with E-state index in [1.54, 1.807) is 26.8 Å². The van der Waals surface area contributed by atoms with Gasteiger partial charge in [-0.2, -0.15) is 0 Å². The fourth-order valence-corrected chi connectivity index (χ4v) is 1.64. The smallest absolute Gasteiger partial charge is 0.326 e. The molecule has 0 spiro atoms. The van der Waals surface area contributed by atoms with Crippen molar-refractivity contribution in [3.8, 4) is 0 Å². The molecule has 2 N–H and O–H groups in total. The second-order valence-corrected chi connectivity index (χ2v) is 4.52. The van der Waals surface area contributed by atoms with Crippen LogP contribution in [0.2, 0.25) is 0 Å². The van der Waals surface area contributed by atoms with E-state index in [4.69, 9.17) is 5.11 Å². The molecule has 1 atom stereocenters. The molecule has 0 bridgehead atoms. The van der Waals surface area contributed by atoms with Crippen LogP contribution in [0.5, 0.6) is 0 Å². The number of nitrogens with zero attached hydrogens (tertiary/aromatic N) is 1. The van der Waals surface area contributed by atoms with Crippen LogP contribution in [0.1, 0.15) is 19.4 Å². The van der Waals surface area contributed by atoms with Crippen LogP contribution in [-0.4, -0.2) is 22.0 Å². The van der Waals surface area contributed by atoms with Gasteiger partial charge in [0.15, 0.2) is 0 Å². The van der Waals surface area contributed by atoms with E-state index < -0.39 is 16.9 Å². The molecular weight excluding hydrogens is 236 g/mol. The summed E-state index contributed by atoms with van der Waals surface area (Å²) in [6, 6.07) is 3.69. The molecule has 1 aromatic carbocycles. The highest BCUT2D eigenvalue weighted by Crippen LogP contribution is 2.22. The van der Waals surface area contributed by atoms with Gasteiger partial charge >= 0.3 is 5.97 Å². The summed E-state index contributed by atoms with van der Waals surface area (Å²) in [6.07, 6.45) is 0. The molecule has 0 fully saturated rings. The Morgan fingerprint density at radius 3 is 2.44 bits per heavy atom. The molecule has 0 heterocycles. The van der Waals surface area contributed by atoms with Crippen molar-refractivity contribution in [2.75, 3.05) is 5.32 Å². The third-order valence-electron chi connectivity index (χ3n) is 2.53. The molecule has 0 saturated heterocycles. The third kappa shape index (κ3) is 3.44. The molecule has 0 radical (unpaired) electrons. The lowest BCUT2D eigenvalue weighted by molar-refractivity contribution is -0.384. The molecule has 1 aromatic rings. The summed E-state index contributed by atoms with van der Waals surface area (Å²) in [5, 5.41) is 22.6. The maximum Gasteiger partial charge on any atom is 0.326 e. The van der Waals surface area contributed by atoms with Crippen LogP contribution in [0, 0.1) is 23.0 Å². The lowest BCUT2D eigenvalue weighted by Crippen LogP contribution is -2.34. The van der Waals surface area contributed by atoms with Crippen molar-refractivity contribution in [3.05, 3.63) is 33.9 Å². The Kier molecular flexibility index (Phi) is 4.25. The minimum absolute atomic E-state index is 0.0506. The largest absolute Gasteiger partial charge is 0.480 e. The number of hydrogen-bond acceptors (Lipinski definition) is 4. The molecule has 0 aliphatic heterocycles. The van der Waals surface area contributed by atoms with Crippen molar-refractivity contribution in [1.82, 2.24) is 0 Å². The fraction of sp³-hybridized carbons (Fsp3) is 0.417. The van der Waals surface area contributed by atoms with Crippen molar-refractivity contribution in [3.63, 3.8) is 0 Å². The second-order valence-electron chi connectivity index (χ2n) is 4.52. The van der Waals surface area contributed by atoms with Gasteiger partial charge in [0.25, 0.3) is 5.69 Å². The van der Waals surface area contributed by atoms with Gasteiger partial charge in [0.05, 0.1) is 4.92 Å². The SMILES string of the molecule is Cc1cc(NC(C(=O)O)C(C)C)cc([N+](=O)[O-])c1. The van der Waals surface area contributed by atoms with Gasteiger partial charge in [-0.3, -0.25) is 10.1 Å². The van der Waals surface area contributed by atoms with E-state index in [0.29, 0.717) is 11.3 Å². The predicted octanol–water partition coefficient (Wildman–Crippen LogP) is 2.42. The molecule has 98 valence electrons. The summed E-state index contributed by atoms with van der Waals surface area (Å²) < 4.78 is 0. The summed E-state index contributed by atoms with van der Waals surface area (Å²) in [6.45, 7) is 5.27. The van der Waals surface area contributed by atoms with E-state index in [2.05, 4.69) is 5.32 Å². The first-order chi connectivity index (χ1) is 8.31. The van der Waals surface area contributed by atoms with E-state index in [9.17, 15) is 14.9 Å². The number of carboxylic acid groups (broad SMARTS) is 1. The minimum Gasteiger partial charge on any atom is -0.480 e. The number of carbonyl (C=O) groups is 1. The molecular formula is C12H16N2O4. The summed E-state index contributed by atoms with van der Waals surface area (Å²) >= 11 is 0. The zero-order valence-electron chi connectivity index (χ0n) is 10.5. The zero-order chi connectivity index (χ0) is 13.9. The lowest BCUT2D eigenvalue weighted by Gasteiger charge is -2.19. The van der Waals surface area contributed by atoms with Crippen molar-refractivity contribution < 1.29 is 14.8 Å². The fourth-order valence-electron chi connectivity index (χ4n) is 1.64. The molecule has 6 heteroatoms. The minimum atomic E-state index is -0.978. The molecule has 0 aliphatic carbocycles. The Morgan fingerprint density at radius 2 is 2.00 bits per heavy atom. The molecule has 0 aromatic heterocycles. The number of carboxylic acids is 1. The number of rotatable bonds is 5. The Hall–Kier alpha value is -2.11. The van der Waals surface area contributed by atoms with Crippen LogP contribution in [0.15, 0.2) is 18.2 Å². The lowest BCUT2D eigenvalue weighted by atomic mass is 10.0. The highest BCUT2D eigenvalue weighted by atomic mass is 16.6. The molecule has 6 nitrogen and oxygen atoms in total. The van der Waals surface area contributed by atoms with E-state index in [1.807, 2.05) is 0 Å². The van der Waals surface area contributed by atoms with Crippen LogP contribution in [0.3, 0.4) is 0 Å². The van der Waals surface area contributed by atoms with E-state index in [0.717, 1.165) is 0 Å². The maximum absolute atomic E-state index is 11.1. The topological polar surface area (TPSA) is 92.5 Å². The van der Waals surface area contributed by atoms with Crippen molar-refractivity contribution in [2.45, 2.75) is 26.8 Å². The van der Waals surface area contributed by atoms with E-state index in [-0.39, 0.29) is 11.6 Å². The number of nitrogens with one attached hydrogen (secondary N) is 1. The van der Waals surface area contributed by atoms with Gasteiger partial charge in [0, 0.05) is 17.8 Å². The highest BCUT2D eigenvalue weighted by Gasteiger charge is 2.21. The maximum atomic E-state index is 11.1. The average molecular weight is 252 g/mol. The van der Waals surface area contributed by atoms with Crippen LogP contribution in [0.4, 0.5) is 11.4 Å². The van der Waals surface area contributed by atoms with Crippen molar-refractivity contribution in [1.29, 1.82) is 0 Å². The van der Waals surface area contributed by atoms with Crippen LogP contribution >= 0.6 is 0 Å². The van der Waals surface area contributed by atoms with Crippen LogP contribution < -0.4 is 5.32 Å². The number of aryl methyl sites for hydroxylation is 1. The van der Waals surface area contributed by atoms with Crippen LogP contribution in [0.25, 0.3) is 0 Å². The number of nitro groups is 1. The Morgan fingerprint density at radius 1 is 1.39 bits per heavy atom. The molecule has 1 rings (SSSR count). The number of nitro benzene ring substituents is 1. The number of aliphatic carboxylic acids is 1. The van der Waals surface area contributed by atoms with Gasteiger partial charge in [0.2, 0.25) is 0 Å². The van der Waals surface area contributed by atoms with Gasteiger partial charge in [0.1, 0.15) is 6.04 Å². The number of non-ortho nitro benzene ring substituents is 1. The summed E-state index contributed by atoms with van der Waals surface area (Å²) in [5.74, 6) is -1.10. The zero-order valence-corrected chi connectivity index (χ0v) is 10.5. The predicted molar refractivity (Wildman–Crippen MR) is 67.7 cm³/mol. The normalized spacial score (nSPS) is 12.2. The molecule has 0 aliphatic rings. The highest BCUT2D eigenvalue weighted by molar-refractivity contribution is 5.78. The number of hydrogen-bond donors (Lipinski definition) is 2. The van der Waals surface area contributed by atoms with Gasteiger partial charge in [-0.05, 0) is 24.5 Å². The van der Waals surface area contributed by atoms with Gasteiger partial charge in [-0.1, -0.05) is 13.8 Å². The Bertz CT molecular complexity index is 471. The summed E-state index contributed by atoms with van der Waals surface area (Å²) in [4.78, 5) is 21.3. The van der Waals surface area contributed by atoms with Crippen molar-refractivity contribution >= 4 is 17.3 Å². The van der Waals surface area contributed by atoms with E-state index in [1.165, 1.54) is 12.1 Å².